The summed E-state index contributed by atoms with van der Waals surface area (Å²) in [4.78, 5) is 18.8. The molecule has 1 aromatic heterocycles. The molecule has 1 amide bonds. The van der Waals surface area contributed by atoms with Crippen LogP contribution in [0.1, 0.15) is 46.2 Å². The molecule has 30 heavy (non-hydrogen) atoms. The Hall–Kier alpha value is -3.19. The molecule has 3 rings (SSSR count). The van der Waals surface area contributed by atoms with E-state index in [-0.39, 0.29) is 18.6 Å². The molecular formula is C23H28N4O3. The second kappa shape index (κ2) is 10.0. The van der Waals surface area contributed by atoms with Gasteiger partial charge in [-0.1, -0.05) is 36.3 Å². The number of carbonyl (C=O) groups is 1. The van der Waals surface area contributed by atoms with Crippen molar-refractivity contribution in [3.05, 3.63) is 76.9 Å². The molecule has 3 aromatic rings. The van der Waals surface area contributed by atoms with Crippen LogP contribution < -0.4 is 10.1 Å². The number of benzene rings is 2. The predicted octanol–water partition coefficient (Wildman–Crippen LogP) is 3.55. The van der Waals surface area contributed by atoms with Gasteiger partial charge in [0.2, 0.25) is 11.7 Å². The van der Waals surface area contributed by atoms with E-state index in [1.807, 2.05) is 14.1 Å². The van der Waals surface area contributed by atoms with Crippen LogP contribution in [0, 0.1) is 6.92 Å². The van der Waals surface area contributed by atoms with Crippen LogP contribution in [-0.4, -0.2) is 41.6 Å². The first-order valence-corrected chi connectivity index (χ1v) is 10.0. The van der Waals surface area contributed by atoms with E-state index >= 15 is 0 Å². The Morgan fingerprint density at radius 3 is 2.40 bits per heavy atom. The first-order valence-electron chi connectivity index (χ1n) is 10.0. The largest absolute Gasteiger partial charge is 0.485 e. The molecule has 1 heterocycles. The zero-order chi connectivity index (χ0) is 21.5. The standard InChI is InChI=1S/C23H28N4O3/c1-5-17-6-8-18(9-7-17)21(27(3)4)14-24-23(28)19-10-12-20(13-11-19)29-15-22-25-16(2)30-26-22/h6-13,21H,5,14-15H2,1-4H3,(H,24,28)/t21-/m0/s1. The van der Waals surface area contributed by atoms with Crippen molar-refractivity contribution in [3.8, 4) is 5.75 Å². The van der Waals surface area contributed by atoms with E-state index in [9.17, 15) is 4.79 Å². The third kappa shape index (κ3) is 5.67. The van der Waals surface area contributed by atoms with Crippen molar-refractivity contribution in [2.75, 3.05) is 20.6 Å². The second-order valence-electron chi connectivity index (χ2n) is 7.33. The van der Waals surface area contributed by atoms with E-state index in [1.54, 1.807) is 31.2 Å². The quantitative estimate of drug-likeness (QED) is 0.583. The molecule has 7 nitrogen and oxygen atoms in total. The van der Waals surface area contributed by atoms with Gasteiger partial charge in [-0.2, -0.15) is 4.98 Å². The molecule has 1 atom stereocenters. The van der Waals surface area contributed by atoms with Gasteiger partial charge in [0.05, 0.1) is 6.04 Å². The number of rotatable bonds is 9. The maximum Gasteiger partial charge on any atom is 0.251 e. The smallest absolute Gasteiger partial charge is 0.251 e. The van der Waals surface area contributed by atoms with Gasteiger partial charge in [-0.05, 0) is 55.9 Å². The summed E-state index contributed by atoms with van der Waals surface area (Å²) < 4.78 is 10.5. The molecule has 0 saturated heterocycles. The summed E-state index contributed by atoms with van der Waals surface area (Å²) in [5.41, 5.74) is 3.06. The number of likely N-dealkylation sites (N-methyl/N-ethyl adjacent to an activating group) is 1. The highest BCUT2D eigenvalue weighted by Crippen LogP contribution is 2.19. The number of nitrogens with zero attached hydrogens (tertiary/aromatic N) is 3. The minimum atomic E-state index is -0.118. The van der Waals surface area contributed by atoms with Gasteiger partial charge < -0.3 is 19.5 Å². The molecule has 0 fully saturated rings. The first-order chi connectivity index (χ1) is 14.5. The average molecular weight is 409 g/mol. The third-order valence-electron chi connectivity index (χ3n) is 4.91. The normalized spacial score (nSPS) is 12.0. The number of ether oxygens (including phenoxy) is 1. The lowest BCUT2D eigenvalue weighted by molar-refractivity contribution is 0.0942. The van der Waals surface area contributed by atoms with Crippen LogP contribution in [0.15, 0.2) is 53.1 Å². The number of amides is 1. The highest BCUT2D eigenvalue weighted by molar-refractivity contribution is 5.94. The fourth-order valence-electron chi connectivity index (χ4n) is 3.12. The van der Waals surface area contributed by atoms with Crippen molar-refractivity contribution >= 4 is 5.91 Å². The number of nitrogens with one attached hydrogen (secondary N) is 1. The number of hydrogen-bond donors (Lipinski definition) is 1. The second-order valence-corrected chi connectivity index (χ2v) is 7.33. The highest BCUT2D eigenvalue weighted by Gasteiger charge is 2.16. The van der Waals surface area contributed by atoms with Crippen LogP contribution in [0.3, 0.4) is 0 Å². The van der Waals surface area contributed by atoms with Crippen LogP contribution in [0.25, 0.3) is 0 Å². The maximum absolute atomic E-state index is 12.6. The van der Waals surface area contributed by atoms with E-state index in [0.29, 0.717) is 29.6 Å². The molecule has 0 bridgehead atoms. The third-order valence-corrected chi connectivity index (χ3v) is 4.91. The number of aromatic nitrogens is 2. The van der Waals surface area contributed by atoms with E-state index < -0.39 is 0 Å². The van der Waals surface area contributed by atoms with Gasteiger partial charge >= 0.3 is 0 Å². The van der Waals surface area contributed by atoms with Gasteiger partial charge in [0.25, 0.3) is 5.91 Å². The summed E-state index contributed by atoms with van der Waals surface area (Å²) in [6.07, 6.45) is 1.01. The van der Waals surface area contributed by atoms with Gasteiger partial charge in [0.1, 0.15) is 5.75 Å². The molecular weight excluding hydrogens is 380 g/mol. The molecule has 0 radical (unpaired) electrons. The van der Waals surface area contributed by atoms with E-state index in [4.69, 9.17) is 9.26 Å². The van der Waals surface area contributed by atoms with Gasteiger partial charge in [0.15, 0.2) is 6.61 Å². The summed E-state index contributed by atoms with van der Waals surface area (Å²) in [6, 6.07) is 15.6. The predicted molar refractivity (Wildman–Crippen MR) is 114 cm³/mol. The van der Waals surface area contributed by atoms with Crippen molar-refractivity contribution in [1.82, 2.24) is 20.4 Å². The Kier molecular flexibility index (Phi) is 7.19. The summed E-state index contributed by atoms with van der Waals surface area (Å²) in [7, 11) is 4.03. The average Bonchev–Trinajstić information content (AvgIpc) is 3.18. The minimum Gasteiger partial charge on any atom is -0.485 e. The lowest BCUT2D eigenvalue weighted by Crippen LogP contribution is -2.34. The zero-order valence-corrected chi connectivity index (χ0v) is 17.9. The Morgan fingerprint density at radius 2 is 1.83 bits per heavy atom. The molecule has 158 valence electrons. The van der Waals surface area contributed by atoms with E-state index in [0.717, 1.165) is 6.42 Å². The lowest BCUT2D eigenvalue weighted by atomic mass is 10.0. The van der Waals surface area contributed by atoms with Crippen LogP contribution >= 0.6 is 0 Å². The van der Waals surface area contributed by atoms with E-state index in [2.05, 4.69) is 51.5 Å². The summed E-state index contributed by atoms with van der Waals surface area (Å²) in [5.74, 6) is 1.50. The van der Waals surface area contributed by atoms with Crippen molar-refractivity contribution in [2.45, 2.75) is 32.9 Å². The van der Waals surface area contributed by atoms with Crippen molar-refractivity contribution in [2.24, 2.45) is 0 Å². The Labute approximate surface area is 177 Å². The molecule has 0 aliphatic carbocycles. The Morgan fingerprint density at radius 1 is 1.13 bits per heavy atom. The van der Waals surface area contributed by atoms with Gasteiger partial charge in [-0.3, -0.25) is 4.79 Å². The van der Waals surface area contributed by atoms with Crippen molar-refractivity contribution in [3.63, 3.8) is 0 Å². The molecule has 0 aliphatic heterocycles. The number of aryl methyl sites for hydroxylation is 2. The zero-order valence-electron chi connectivity index (χ0n) is 17.9. The molecule has 0 saturated carbocycles. The molecule has 0 spiro atoms. The minimum absolute atomic E-state index is 0.0980. The summed E-state index contributed by atoms with van der Waals surface area (Å²) >= 11 is 0. The Balaban J connectivity index is 1.56. The lowest BCUT2D eigenvalue weighted by Gasteiger charge is -2.25. The van der Waals surface area contributed by atoms with Crippen LogP contribution in [0.5, 0.6) is 5.75 Å². The highest BCUT2D eigenvalue weighted by atomic mass is 16.5. The van der Waals surface area contributed by atoms with Crippen molar-refractivity contribution in [1.29, 1.82) is 0 Å². The topological polar surface area (TPSA) is 80.5 Å². The van der Waals surface area contributed by atoms with Crippen molar-refractivity contribution < 1.29 is 14.1 Å². The van der Waals surface area contributed by atoms with Gasteiger partial charge in [-0.25, -0.2) is 0 Å². The van der Waals surface area contributed by atoms with Crippen LogP contribution in [-0.2, 0) is 13.0 Å². The van der Waals surface area contributed by atoms with Crippen LogP contribution in [0.4, 0.5) is 0 Å². The SMILES string of the molecule is CCc1ccc([C@H](CNC(=O)c2ccc(OCc3noc(C)n3)cc2)N(C)C)cc1. The number of hydrogen-bond acceptors (Lipinski definition) is 6. The fraction of sp³-hybridized carbons (Fsp3) is 0.348. The maximum atomic E-state index is 12.6. The molecule has 2 aromatic carbocycles. The number of carbonyl (C=O) groups excluding carboxylic acids is 1. The monoisotopic (exact) mass is 408 g/mol. The van der Waals surface area contributed by atoms with Gasteiger partial charge in [0, 0.05) is 19.0 Å². The van der Waals surface area contributed by atoms with E-state index in [1.165, 1.54) is 11.1 Å². The summed E-state index contributed by atoms with van der Waals surface area (Å²) in [6.45, 7) is 4.60. The fourth-order valence-corrected chi connectivity index (χ4v) is 3.12. The molecule has 0 aliphatic rings. The molecule has 1 N–H and O–H groups in total. The van der Waals surface area contributed by atoms with Crippen LogP contribution in [0.2, 0.25) is 0 Å². The first kappa shape index (κ1) is 21.5. The molecule has 7 heteroatoms. The molecule has 0 unspecified atom stereocenters. The summed E-state index contributed by atoms with van der Waals surface area (Å²) in [5, 5.41) is 6.82. The van der Waals surface area contributed by atoms with Gasteiger partial charge in [-0.15, -0.1) is 0 Å². The Bertz CT molecular complexity index is 949.